The molecule has 0 bridgehead atoms. The first-order valence-corrected chi connectivity index (χ1v) is 6.66. The van der Waals surface area contributed by atoms with Gasteiger partial charge in [0.2, 0.25) is 5.91 Å². The normalized spacial score (nSPS) is 18.8. The molecule has 0 aliphatic carbocycles. The van der Waals surface area contributed by atoms with Crippen LogP contribution in [0.1, 0.15) is 31.0 Å². The number of hydrogen-bond donors (Lipinski definition) is 2. The molecule has 1 unspecified atom stereocenters. The molecule has 1 aliphatic heterocycles. The lowest BCUT2D eigenvalue weighted by molar-refractivity contribution is -0.127. The summed E-state index contributed by atoms with van der Waals surface area (Å²) in [4.78, 5) is 12.1. The van der Waals surface area contributed by atoms with E-state index in [-0.39, 0.29) is 17.9 Å². The number of hydrogen-bond acceptors (Lipinski definition) is 2. The van der Waals surface area contributed by atoms with Crippen LogP contribution >= 0.6 is 0 Å². The molecular formula is C15H22N2O. The van der Waals surface area contributed by atoms with Crippen LogP contribution in [0.5, 0.6) is 0 Å². The molecule has 3 heteroatoms. The quantitative estimate of drug-likeness (QED) is 0.853. The summed E-state index contributed by atoms with van der Waals surface area (Å²) in [6, 6.07) is 8.28. The number of amides is 1. The monoisotopic (exact) mass is 246 g/mol. The molecular weight excluding hydrogens is 224 g/mol. The molecule has 1 aromatic rings. The van der Waals surface area contributed by atoms with Gasteiger partial charge < -0.3 is 10.6 Å². The average molecular weight is 246 g/mol. The Morgan fingerprint density at radius 1 is 1.33 bits per heavy atom. The first-order chi connectivity index (χ1) is 8.59. The van der Waals surface area contributed by atoms with Crippen LogP contribution in [-0.2, 0) is 4.79 Å². The van der Waals surface area contributed by atoms with Crippen molar-refractivity contribution in [1.82, 2.24) is 10.6 Å². The fourth-order valence-corrected chi connectivity index (χ4v) is 2.37. The first-order valence-electron chi connectivity index (χ1n) is 6.66. The van der Waals surface area contributed by atoms with Crippen LogP contribution < -0.4 is 10.6 Å². The van der Waals surface area contributed by atoms with Gasteiger partial charge in [0.15, 0.2) is 0 Å². The van der Waals surface area contributed by atoms with Crippen molar-refractivity contribution in [1.29, 1.82) is 0 Å². The summed E-state index contributed by atoms with van der Waals surface area (Å²) in [6.45, 7) is 8.08. The van der Waals surface area contributed by atoms with Crippen LogP contribution in [0.25, 0.3) is 0 Å². The standard InChI is InChI=1S/C15H22N2O/c1-10-6-4-5-7-14(10)12(3)17-15(18)11(2)13-8-16-9-13/h4-7,11-13,16H,8-9H2,1-3H3,(H,17,18)/t11?,12-/m0/s1. The van der Waals surface area contributed by atoms with Crippen molar-refractivity contribution < 1.29 is 4.79 Å². The van der Waals surface area contributed by atoms with E-state index in [2.05, 4.69) is 29.7 Å². The first kappa shape index (κ1) is 13.1. The summed E-state index contributed by atoms with van der Waals surface area (Å²) in [7, 11) is 0. The summed E-state index contributed by atoms with van der Waals surface area (Å²) < 4.78 is 0. The van der Waals surface area contributed by atoms with E-state index in [0.29, 0.717) is 5.92 Å². The minimum absolute atomic E-state index is 0.0779. The van der Waals surface area contributed by atoms with Gasteiger partial charge in [0.1, 0.15) is 0 Å². The highest BCUT2D eigenvalue weighted by atomic mass is 16.1. The van der Waals surface area contributed by atoms with E-state index in [1.165, 1.54) is 11.1 Å². The molecule has 2 rings (SSSR count). The van der Waals surface area contributed by atoms with E-state index < -0.39 is 0 Å². The lowest BCUT2D eigenvalue weighted by Gasteiger charge is -2.32. The number of nitrogens with one attached hydrogen (secondary N) is 2. The SMILES string of the molecule is Cc1ccccc1[C@H](C)NC(=O)C(C)C1CNC1. The van der Waals surface area contributed by atoms with Crippen LogP contribution in [0.2, 0.25) is 0 Å². The second kappa shape index (κ2) is 5.53. The van der Waals surface area contributed by atoms with Crippen LogP contribution in [0.3, 0.4) is 0 Å². The number of aryl methyl sites for hydroxylation is 1. The van der Waals surface area contributed by atoms with Crippen LogP contribution in [0.15, 0.2) is 24.3 Å². The van der Waals surface area contributed by atoms with E-state index in [0.717, 1.165) is 13.1 Å². The third-order valence-corrected chi connectivity index (χ3v) is 3.95. The van der Waals surface area contributed by atoms with E-state index in [9.17, 15) is 4.79 Å². The van der Waals surface area contributed by atoms with Gasteiger partial charge in [0, 0.05) is 5.92 Å². The Balaban J connectivity index is 1.96. The van der Waals surface area contributed by atoms with Crippen molar-refractivity contribution >= 4 is 5.91 Å². The predicted octanol–water partition coefficient (Wildman–Crippen LogP) is 2.03. The van der Waals surface area contributed by atoms with E-state index in [4.69, 9.17) is 0 Å². The van der Waals surface area contributed by atoms with Crippen LogP contribution in [0, 0.1) is 18.8 Å². The van der Waals surface area contributed by atoms with Crippen molar-refractivity contribution in [2.24, 2.45) is 11.8 Å². The Bertz CT molecular complexity index is 426. The average Bonchev–Trinajstić information content (AvgIpc) is 2.26. The van der Waals surface area contributed by atoms with Crippen LogP contribution in [0.4, 0.5) is 0 Å². The van der Waals surface area contributed by atoms with Gasteiger partial charge in [-0.25, -0.2) is 0 Å². The molecule has 18 heavy (non-hydrogen) atoms. The van der Waals surface area contributed by atoms with Gasteiger partial charge in [-0.15, -0.1) is 0 Å². The zero-order valence-corrected chi connectivity index (χ0v) is 11.4. The molecule has 2 N–H and O–H groups in total. The highest BCUT2D eigenvalue weighted by Crippen LogP contribution is 2.20. The predicted molar refractivity (Wildman–Crippen MR) is 73.3 cm³/mol. The van der Waals surface area contributed by atoms with Gasteiger partial charge in [-0.1, -0.05) is 31.2 Å². The molecule has 1 heterocycles. The molecule has 1 aromatic carbocycles. The van der Waals surface area contributed by atoms with Gasteiger partial charge in [-0.3, -0.25) is 4.79 Å². The summed E-state index contributed by atoms with van der Waals surface area (Å²) in [6.07, 6.45) is 0. The second-order valence-corrected chi connectivity index (χ2v) is 5.29. The number of rotatable bonds is 4. The third-order valence-electron chi connectivity index (χ3n) is 3.95. The molecule has 1 aliphatic rings. The number of carbonyl (C=O) groups is 1. The van der Waals surface area contributed by atoms with Crippen molar-refractivity contribution in [2.75, 3.05) is 13.1 Å². The fourth-order valence-electron chi connectivity index (χ4n) is 2.37. The molecule has 1 saturated heterocycles. The zero-order valence-electron chi connectivity index (χ0n) is 11.4. The van der Waals surface area contributed by atoms with E-state index in [1.54, 1.807) is 0 Å². The lowest BCUT2D eigenvalue weighted by Crippen LogP contribution is -2.49. The maximum absolute atomic E-state index is 12.1. The van der Waals surface area contributed by atoms with Crippen molar-refractivity contribution in [3.05, 3.63) is 35.4 Å². The Morgan fingerprint density at radius 2 is 2.00 bits per heavy atom. The number of carbonyl (C=O) groups excluding carboxylic acids is 1. The highest BCUT2D eigenvalue weighted by molar-refractivity contribution is 5.79. The molecule has 0 radical (unpaired) electrons. The summed E-state index contributed by atoms with van der Waals surface area (Å²) in [5, 5.41) is 6.33. The minimum atomic E-state index is 0.0779. The summed E-state index contributed by atoms with van der Waals surface area (Å²) in [5.41, 5.74) is 2.42. The molecule has 98 valence electrons. The third kappa shape index (κ3) is 2.72. The second-order valence-electron chi connectivity index (χ2n) is 5.29. The van der Waals surface area contributed by atoms with Crippen molar-refractivity contribution in [2.45, 2.75) is 26.8 Å². The van der Waals surface area contributed by atoms with Crippen LogP contribution in [-0.4, -0.2) is 19.0 Å². The summed E-state index contributed by atoms with van der Waals surface area (Å²) in [5.74, 6) is 0.754. The smallest absolute Gasteiger partial charge is 0.223 e. The zero-order chi connectivity index (χ0) is 13.1. The maximum Gasteiger partial charge on any atom is 0.223 e. The summed E-state index contributed by atoms with van der Waals surface area (Å²) >= 11 is 0. The molecule has 2 atom stereocenters. The fraction of sp³-hybridized carbons (Fsp3) is 0.533. The Kier molecular flexibility index (Phi) is 4.02. The lowest BCUT2D eigenvalue weighted by atomic mass is 9.88. The highest BCUT2D eigenvalue weighted by Gasteiger charge is 2.29. The van der Waals surface area contributed by atoms with Gasteiger partial charge in [0.05, 0.1) is 6.04 Å². The Hall–Kier alpha value is -1.35. The minimum Gasteiger partial charge on any atom is -0.349 e. The Morgan fingerprint density at radius 3 is 2.56 bits per heavy atom. The van der Waals surface area contributed by atoms with E-state index in [1.807, 2.05) is 26.0 Å². The van der Waals surface area contributed by atoms with Crippen molar-refractivity contribution in [3.8, 4) is 0 Å². The van der Waals surface area contributed by atoms with Gasteiger partial charge >= 0.3 is 0 Å². The van der Waals surface area contributed by atoms with Crippen molar-refractivity contribution in [3.63, 3.8) is 0 Å². The van der Waals surface area contributed by atoms with Gasteiger partial charge in [0.25, 0.3) is 0 Å². The maximum atomic E-state index is 12.1. The molecule has 0 aromatic heterocycles. The van der Waals surface area contributed by atoms with Gasteiger partial charge in [-0.05, 0) is 44.0 Å². The number of benzene rings is 1. The molecule has 1 amide bonds. The molecule has 0 saturated carbocycles. The largest absolute Gasteiger partial charge is 0.349 e. The van der Waals surface area contributed by atoms with Gasteiger partial charge in [-0.2, -0.15) is 0 Å². The molecule has 1 fully saturated rings. The molecule has 3 nitrogen and oxygen atoms in total. The van der Waals surface area contributed by atoms with E-state index >= 15 is 0 Å². The molecule has 0 spiro atoms. The topological polar surface area (TPSA) is 41.1 Å². The Labute approximate surface area is 109 Å².